The Balaban J connectivity index is 2.42. The van der Waals surface area contributed by atoms with Gasteiger partial charge in [0.15, 0.2) is 0 Å². The topological polar surface area (TPSA) is 9.23 Å². The van der Waals surface area contributed by atoms with Crippen LogP contribution in [0.4, 0.5) is 0 Å². The van der Waals surface area contributed by atoms with Gasteiger partial charge in [0.05, 0.1) is 6.10 Å². The van der Waals surface area contributed by atoms with Crippen molar-refractivity contribution >= 4 is 0 Å². The van der Waals surface area contributed by atoms with Crippen LogP contribution in [0.3, 0.4) is 0 Å². The zero-order chi connectivity index (χ0) is 8.48. The van der Waals surface area contributed by atoms with Crippen LogP contribution in [-0.2, 0) is 4.74 Å². The van der Waals surface area contributed by atoms with Gasteiger partial charge in [0.25, 0.3) is 0 Å². The molecule has 66 valence electrons. The number of hydrogen-bond acceptors (Lipinski definition) is 1. The van der Waals surface area contributed by atoms with Crippen LogP contribution in [0, 0.1) is 11.3 Å². The van der Waals surface area contributed by atoms with Crippen molar-refractivity contribution in [3.63, 3.8) is 0 Å². The van der Waals surface area contributed by atoms with Gasteiger partial charge >= 0.3 is 0 Å². The number of hydrogen-bond donors (Lipinski definition) is 0. The first-order valence-corrected chi connectivity index (χ1v) is 4.57. The Labute approximate surface area is 70.1 Å². The molecule has 0 bridgehead atoms. The Kier molecular flexibility index (Phi) is 2.58. The first-order chi connectivity index (χ1) is 5.04. The maximum absolute atomic E-state index is 5.34. The van der Waals surface area contributed by atoms with E-state index in [2.05, 4.69) is 20.8 Å². The molecule has 0 aromatic heterocycles. The number of ether oxygens (including phenoxy) is 1. The Morgan fingerprint density at radius 1 is 1.18 bits per heavy atom. The normalized spacial score (nSPS) is 32.7. The Bertz CT molecular complexity index is 123. The minimum Gasteiger partial charge on any atom is -0.381 e. The van der Waals surface area contributed by atoms with Crippen LogP contribution in [0.1, 0.15) is 40.0 Å². The fourth-order valence-corrected chi connectivity index (χ4v) is 1.94. The third-order valence-electron chi connectivity index (χ3n) is 2.94. The van der Waals surface area contributed by atoms with Crippen molar-refractivity contribution in [2.75, 3.05) is 7.11 Å². The highest BCUT2D eigenvalue weighted by atomic mass is 16.5. The lowest BCUT2D eigenvalue weighted by Gasteiger charge is -2.26. The summed E-state index contributed by atoms with van der Waals surface area (Å²) < 4.78 is 5.34. The highest BCUT2D eigenvalue weighted by Crippen LogP contribution is 2.39. The molecule has 11 heavy (non-hydrogen) atoms. The molecule has 1 nitrogen and oxygen atoms in total. The maximum atomic E-state index is 5.34. The van der Waals surface area contributed by atoms with Crippen LogP contribution in [0.5, 0.6) is 0 Å². The average Bonchev–Trinajstić information content (AvgIpc) is 2.32. The predicted molar refractivity (Wildman–Crippen MR) is 47.6 cm³/mol. The molecule has 0 saturated heterocycles. The Morgan fingerprint density at radius 2 is 1.82 bits per heavy atom. The molecule has 0 aromatic carbocycles. The van der Waals surface area contributed by atoms with E-state index in [1.807, 2.05) is 7.11 Å². The minimum absolute atomic E-state index is 0.479. The van der Waals surface area contributed by atoms with Gasteiger partial charge in [-0.2, -0.15) is 0 Å². The van der Waals surface area contributed by atoms with Gasteiger partial charge in [0, 0.05) is 7.11 Å². The van der Waals surface area contributed by atoms with Crippen LogP contribution in [0.25, 0.3) is 0 Å². The zero-order valence-electron chi connectivity index (χ0n) is 8.18. The molecule has 0 aromatic rings. The molecule has 1 heteroatoms. The smallest absolute Gasteiger partial charge is 0.0574 e. The molecule has 2 atom stereocenters. The summed E-state index contributed by atoms with van der Waals surface area (Å²) in [6.07, 6.45) is 4.42. The average molecular weight is 156 g/mol. The van der Waals surface area contributed by atoms with Gasteiger partial charge in [-0.25, -0.2) is 0 Å². The highest BCUT2D eigenvalue weighted by molar-refractivity contribution is 4.83. The van der Waals surface area contributed by atoms with Gasteiger partial charge in [-0.05, 0) is 30.6 Å². The molecule has 0 radical (unpaired) electrons. The fourth-order valence-electron chi connectivity index (χ4n) is 1.94. The van der Waals surface area contributed by atoms with Gasteiger partial charge in [-0.1, -0.05) is 20.8 Å². The summed E-state index contributed by atoms with van der Waals surface area (Å²) in [6.45, 7) is 6.99. The molecular formula is C10H20O. The predicted octanol–water partition coefficient (Wildman–Crippen LogP) is 2.85. The molecule has 1 aliphatic carbocycles. The summed E-state index contributed by atoms with van der Waals surface area (Å²) in [5.41, 5.74) is 0.479. The van der Waals surface area contributed by atoms with E-state index in [1.165, 1.54) is 19.3 Å². The zero-order valence-corrected chi connectivity index (χ0v) is 8.18. The van der Waals surface area contributed by atoms with Gasteiger partial charge in [0.1, 0.15) is 0 Å². The summed E-state index contributed by atoms with van der Waals surface area (Å²) in [5.74, 6) is 0.868. The van der Waals surface area contributed by atoms with E-state index >= 15 is 0 Å². The van der Waals surface area contributed by atoms with E-state index in [-0.39, 0.29) is 0 Å². The van der Waals surface area contributed by atoms with Crippen LogP contribution in [0.2, 0.25) is 0 Å². The largest absolute Gasteiger partial charge is 0.381 e. The fraction of sp³-hybridized carbons (Fsp3) is 1.00. The van der Waals surface area contributed by atoms with Crippen LogP contribution in [0.15, 0.2) is 0 Å². The number of rotatable bonds is 1. The second-order valence-corrected chi connectivity index (χ2v) is 4.73. The van der Waals surface area contributed by atoms with Gasteiger partial charge in [-0.15, -0.1) is 0 Å². The first kappa shape index (κ1) is 9.05. The Morgan fingerprint density at radius 3 is 2.09 bits per heavy atom. The summed E-state index contributed by atoms with van der Waals surface area (Å²) in [5, 5.41) is 0. The summed E-state index contributed by atoms with van der Waals surface area (Å²) >= 11 is 0. The van der Waals surface area contributed by atoms with Gasteiger partial charge in [0.2, 0.25) is 0 Å². The maximum Gasteiger partial charge on any atom is 0.0574 e. The standard InChI is InChI=1S/C10H20O/c1-10(2,3)8-5-6-9(7-8)11-4/h8-9H,5-7H2,1-4H3/t8?,9-/m0/s1. The summed E-state index contributed by atoms with van der Waals surface area (Å²) in [7, 11) is 1.83. The van der Waals surface area contributed by atoms with Crippen molar-refractivity contribution < 1.29 is 4.74 Å². The van der Waals surface area contributed by atoms with E-state index in [0.29, 0.717) is 11.5 Å². The molecular weight excluding hydrogens is 136 g/mol. The molecule has 1 fully saturated rings. The van der Waals surface area contributed by atoms with Crippen LogP contribution in [-0.4, -0.2) is 13.2 Å². The van der Waals surface area contributed by atoms with Gasteiger partial charge in [-0.3, -0.25) is 0 Å². The summed E-state index contributed by atoms with van der Waals surface area (Å²) in [6, 6.07) is 0. The van der Waals surface area contributed by atoms with Crippen molar-refractivity contribution in [3.8, 4) is 0 Å². The molecule has 1 unspecified atom stereocenters. The second kappa shape index (κ2) is 3.14. The monoisotopic (exact) mass is 156 g/mol. The van der Waals surface area contributed by atoms with E-state index < -0.39 is 0 Å². The molecule has 0 aliphatic heterocycles. The molecule has 1 aliphatic rings. The lowest BCUT2D eigenvalue weighted by atomic mass is 9.80. The minimum atomic E-state index is 0.479. The van der Waals surface area contributed by atoms with Crippen LogP contribution < -0.4 is 0 Å². The van der Waals surface area contributed by atoms with E-state index in [1.54, 1.807) is 0 Å². The van der Waals surface area contributed by atoms with E-state index in [0.717, 1.165) is 5.92 Å². The van der Waals surface area contributed by atoms with E-state index in [9.17, 15) is 0 Å². The molecule has 0 heterocycles. The highest BCUT2D eigenvalue weighted by Gasteiger charge is 2.32. The lowest BCUT2D eigenvalue weighted by Crippen LogP contribution is -2.18. The SMILES string of the molecule is CO[C@H]1CCC(C(C)(C)C)C1. The molecule has 0 N–H and O–H groups in total. The third-order valence-corrected chi connectivity index (χ3v) is 2.94. The number of methoxy groups -OCH3 is 1. The second-order valence-electron chi connectivity index (χ2n) is 4.73. The molecule has 1 rings (SSSR count). The first-order valence-electron chi connectivity index (χ1n) is 4.57. The molecule has 0 amide bonds. The molecule has 0 spiro atoms. The van der Waals surface area contributed by atoms with E-state index in [4.69, 9.17) is 4.74 Å². The third kappa shape index (κ3) is 2.19. The van der Waals surface area contributed by atoms with Crippen molar-refractivity contribution in [1.82, 2.24) is 0 Å². The quantitative estimate of drug-likeness (QED) is 0.567. The molecule has 1 saturated carbocycles. The van der Waals surface area contributed by atoms with Crippen LogP contribution >= 0.6 is 0 Å². The van der Waals surface area contributed by atoms with Gasteiger partial charge < -0.3 is 4.74 Å². The van der Waals surface area contributed by atoms with Crippen molar-refractivity contribution in [3.05, 3.63) is 0 Å². The van der Waals surface area contributed by atoms with Crippen molar-refractivity contribution in [2.45, 2.75) is 46.1 Å². The lowest BCUT2D eigenvalue weighted by molar-refractivity contribution is 0.0968. The Hall–Kier alpha value is -0.0400. The van der Waals surface area contributed by atoms with Crippen molar-refractivity contribution in [1.29, 1.82) is 0 Å². The van der Waals surface area contributed by atoms with Crippen molar-refractivity contribution in [2.24, 2.45) is 11.3 Å². The summed E-state index contributed by atoms with van der Waals surface area (Å²) in [4.78, 5) is 0.